The highest BCUT2D eigenvalue weighted by Gasteiger charge is 2.02. The van der Waals surface area contributed by atoms with Crippen LogP contribution in [-0.4, -0.2) is 18.7 Å². The first kappa shape index (κ1) is 19.2. The van der Waals surface area contributed by atoms with Crippen molar-refractivity contribution in [1.82, 2.24) is 5.43 Å². The molecule has 0 unspecified atom stereocenters. The second-order valence-corrected chi connectivity index (χ2v) is 6.25. The Labute approximate surface area is 164 Å². The minimum Gasteiger partial charge on any atom is -0.489 e. The first-order valence-corrected chi connectivity index (χ1v) is 8.97. The molecule has 3 rings (SSSR count). The fourth-order valence-electron chi connectivity index (χ4n) is 2.49. The Morgan fingerprint density at radius 1 is 0.929 bits per heavy atom. The van der Waals surface area contributed by atoms with Crippen LogP contribution < -0.4 is 14.9 Å². The van der Waals surface area contributed by atoms with Gasteiger partial charge in [-0.2, -0.15) is 5.10 Å². The molecule has 0 atom stereocenters. The van der Waals surface area contributed by atoms with Crippen molar-refractivity contribution in [3.05, 3.63) is 95.6 Å². The summed E-state index contributed by atoms with van der Waals surface area (Å²) in [6.07, 6.45) is 1.57. The summed E-state index contributed by atoms with van der Waals surface area (Å²) in [7, 11) is 0. The number of hydrazone groups is 1. The van der Waals surface area contributed by atoms with Gasteiger partial charge < -0.3 is 9.47 Å². The van der Waals surface area contributed by atoms with E-state index in [0.717, 1.165) is 22.4 Å². The zero-order chi connectivity index (χ0) is 19.6. The third-order valence-corrected chi connectivity index (χ3v) is 3.87. The molecule has 0 radical (unpaired) electrons. The van der Waals surface area contributed by atoms with E-state index in [1.54, 1.807) is 6.21 Å². The molecule has 1 N–H and O–H groups in total. The molecule has 142 valence electrons. The number of rotatable bonds is 8. The molecule has 0 saturated heterocycles. The van der Waals surface area contributed by atoms with Gasteiger partial charge in [-0.1, -0.05) is 54.6 Å². The Morgan fingerprint density at radius 2 is 1.68 bits per heavy atom. The quantitative estimate of drug-likeness (QED) is 0.477. The Balaban J connectivity index is 1.46. The molecule has 0 spiro atoms. The first-order valence-electron chi connectivity index (χ1n) is 8.97. The van der Waals surface area contributed by atoms with Crippen LogP contribution in [0.2, 0.25) is 0 Å². The number of aryl methyl sites for hydroxylation is 1. The lowest BCUT2D eigenvalue weighted by Crippen LogP contribution is -2.24. The topological polar surface area (TPSA) is 59.9 Å². The van der Waals surface area contributed by atoms with E-state index in [-0.39, 0.29) is 12.5 Å². The summed E-state index contributed by atoms with van der Waals surface area (Å²) in [4.78, 5) is 11.8. The predicted molar refractivity (Wildman–Crippen MR) is 110 cm³/mol. The molecule has 0 bridgehead atoms. The number of ether oxygens (including phenoxy) is 2. The predicted octanol–water partition coefficient (Wildman–Crippen LogP) is 4.10. The number of amides is 1. The lowest BCUT2D eigenvalue weighted by molar-refractivity contribution is -0.123. The molecule has 0 aliphatic heterocycles. The minimum atomic E-state index is -0.325. The van der Waals surface area contributed by atoms with Crippen LogP contribution >= 0.6 is 0 Å². The standard InChI is InChI=1S/C23H22N2O3/c1-18-7-5-11-21(13-18)28-17-23(26)25-24-15-20-10-6-12-22(14-20)27-16-19-8-3-2-4-9-19/h2-15H,16-17H2,1H3,(H,25,26)/b24-15+. The zero-order valence-electron chi connectivity index (χ0n) is 15.7. The molecule has 3 aromatic rings. The Kier molecular flexibility index (Phi) is 6.79. The van der Waals surface area contributed by atoms with E-state index in [1.165, 1.54) is 0 Å². The SMILES string of the molecule is Cc1cccc(OCC(=O)N/N=C/c2cccc(OCc3ccccc3)c2)c1. The summed E-state index contributed by atoms with van der Waals surface area (Å²) in [5, 5.41) is 3.97. The van der Waals surface area contributed by atoms with Gasteiger partial charge in [-0.25, -0.2) is 5.43 Å². The first-order chi connectivity index (χ1) is 13.7. The van der Waals surface area contributed by atoms with E-state index < -0.39 is 0 Å². The highest BCUT2D eigenvalue weighted by molar-refractivity contribution is 5.83. The van der Waals surface area contributed by atoms with Crippen molar-refractivity contribution in [1.29, 1.82) is 0 Å². The van der Waals surface area contributed by atoms with Crippen molar-refractivity contribution < 1.29 is 14.3 Å². The summed E-state index contributed by atoms with van der Waals surface area (Å²) >= 11 is 0. The normalized spacial score (nSPS) is 10.6. The second-order valence-electron chi connectivity index (χ2n) is 6.25. The number of hydrogen-bond donors (Lipinski definition) is 1. The molecule has 0 aromatic heterocycles. The largest absolute Gasteiger partial charge is 0.489 e. The van der Waals surface area contributed by atoms with Gasteiger partial charge in [-0.3, -0.25) is 4.79 Å². The third-order valence-electron chi connectivity index (χ3n) is 3.87. The molecule has 0 saturated carbocycles. The van der Waals surface area contributed by atoms with Gasteiger partial charge in [-0.15, -0.1) is 0 Å². The van der Waals surface area contributed by atoms with E-state index in [0.29, 0.717) is 12.4 Å². The van der Waals surface area contributed by atoms with Crippen molar-refractivity contribution in [2.24, 2.45) is 5.10 Å². The van der Waals surface area contributed by atoms with Crippen molar-refractivity contribution in [2.45, 2.75) is 13.5 Å². The van der Waals surface area contributed by atoms with E-state index in [1.807, 2.05) is 85.8 Å². The highest BCUT2D eigenvalue weighted by atomic mass is 16.5. The molecule has 1 amide bonds. The third kappa shape index (κ3) is 6.29. The van der Waals surface area contributed by atoms with Gasteiger partial charge in [0.05, 0.1) is 6.21 Å². The number of nitrogens with one attached hydrogen (secondary N) is 1. The van der Waals surface area contributed by atoms with Crippen molar-refractivity contribution in [2.75, 3.05) is 6.61 Å². The monoisotopic (exact) mass is 374 g/mol. The average Bonchev–Trinajstić information content (AvgIpc) is 2.72. The lowest BCUT2D eigenvalue weighted by atomic mass is 10.2. The van der Waals surface area contributed by atoms with Crippen molar-refractivity contribution >= 4 is 12.1 Å². The van der Waals surface area contributed by atoms with Gasteiger partial charge in [-0.05, 0) is 47.9 Å². The summed E-state index contributed by atoms with van der Waals surface area (Å²) in [5.74, 6) is 1.07. The molecule has 0 heterocycles. The fraction of sp³-hybridized carbons (Fsp3) is 0.130. The molecular formula is C23H22N2O3. The number of nitrogens with zero attached hydrogens (tertiary/aromatic N) is 1. The highest BCUT2D eigenvalue weighted by Crippen LogP contribution is 2.14. The molecule has 0 aliphatic carbocycles. The molecule has 5 heteroatoms. The van der Waals surface area contributed by atoms with Gasteiger partial charge in [0.15, 0.2) is 6.61 Å². The van der Waals surface area contributed by atoms with Gasteiger partial charge in [0.25, 0.3) is 5.91 Å². The van der Waals surface area contributed by atoms with Crippen LogP contribution in [0.1, 0.15) is 16.7 Å². The van der Waals surface area contributed by atoms with Crippen LogP contribution in [0.4, 0.5) is 0 Å². The van der Waals surface area contributed by atoms with Crippen LogP contribution in [0.3, 0.4) is 0 Å². The van der Waals surface area contributed by atoms with E-state index in [2.05, 4.69) is 10.5 Å². The molecular weight excluding hydrogens is 352 g/mol. The fourth-order valence-corrected chi connectivity index (χ4v) is 2.49. The summed E-state index contributed by atoms with van der Waals surface area (Å²) in [6, 6.07) is 25.0. The lowest BCUT2D eigenvalue weighted by Gasteiger charge is -2.07. The second kappa shape index (κ2) is 9.92. The summed E-state index contributed by atoms with van der Waals surface area (Å²) < 4.78 is 11.2. The van der Waals surface area contributed by atoms with E-state index in [9.17, 15) is 4.79 Å². The van der Waals surface area contributed by atoms with Crippen LogP contribution in [0.15, 0.2) is 84.0 Å². The molecule has 0 aliphatic rings. The van der Waals surface area contributed by atoms with Gasteiger partial charge in [0.2, 0.25) is 0 Å². The van der Waals surface area contributed by atoms with Gasteiger partial charge >= 0.3 is 0 Å². The van der Waals surface area contributed by atoms with Gasteiger partial charge in [0, 0.05) is 0 Å². The minimum absolute atomic E-state index is 0.0962. The van der Waals surface area contributed by atoms with Crippen molar-refractivity contribution in [3.8, 4) is 11.5 Å². The number of benzene rings is 3. The van der Waals surface area contributed by atoms with Crippen LogP contribution in [0, 0.1) is 6.92 Å². The molecule has 5 nitrogen and oxygen atoms in total. The van der Waals surface area contributed by atoms with Crippen LogP contribution in [0.25, 0.3) is 0 Å². The van der Waals surface area contributed by atoms with E-state index in [4.69, 9.17) is 9.47 Å². The van der Waals surface area contributed by atoms with Crippen molar-refractivity contribution in [3.63, 3.8) is 0 Å². The van der Waals surface area contributed by atoms with Crippen LogP contribution in [-0.2, 0) is 11.4 Å². The van der Waals surface area contributed by atoms with Gasteiger partial charge in [0.1, 0.15) is 18.1 Å². The average molecular weight is 374 g/mol. The Hall–Kier alpha value is -3.60. The molecule has 28 heavy (non-hydrogen) atoms. The Morgan fingerprint density at radius 3 is 2.46 bits per heavy atom. The Bertz CT molecular complexity index is 939. The maximum absolute atomic E-state index is 11.8. The summed E-state index contributed by atoms with van der Waals surface area (Å²) in [5.41, 5.74) is 5.46. The molecule has 3 aromatic carbocycles. The van der Waals surface area contributed by atoms with E-state index >= 15 is 0 Å². The maximum Gasteiger partial charge on any atom is 0.277 e. The number of hydrogen-bond acceptors (Lipinski definition) is 4. The number of carbonyl (C=O) groups is 1. The number of carbonyl (C=O) groups excluding carboxylic acids is 1. The summed E-state index contributed by atoms with van der Waals surface area (Å²) in [6.45, 7) is 2.37. The maximum atomic E-state index is 11.8. The zero-order valence-corrected chi connectivity index (χ0v) is 15.7. The molecule has 0 fully saturated rings. The smallest absolute Gasteiger partial charge is 0.277 e. The van der Waals surface area contributed by atoms with Crippen LogP contribution in [0.5, 0.6) is 11.5 Å².